The maximum absolute atomic E-state index is 10.8. The predicted octanol–water partition coefficient (Wildman–Crippen LogP) is 4.82. The summed E-state index contributed by atoms with van der Waals surface area (Å²) in [7, 11) is 0. The molecule has 3 nitrogen and oxygen atoms in total. The van der Waals surface area contributed by atoms with Gasteiger partial charge < -0.3 is 9.84 Å². The molecule has 1 unspecified atom stereocenters. The van der Waals surface area contributed by atoms with Gasteiger partial charge in [-0.1, -0.05) is 53.5 Å². The van der Waals surface area contributed by atoms with Crippen LogP contribution in [-0.2, 0) is 15.1 Å². The first-order valence-electron chi connectivity index (χ1n) is 7.21. The molecule has 0 aliphatic heterocycles. The second-order valence-electron chi connectivity index (χ2n) is 5.57. The highest BCUT2D eigenvalue weighted by Gasteiger charge is 2.23. The number of hydrogen-bond acceptors (Lipinski definition) is 3. The van der Waals surface area contributed by atoms with Crippen molar-refractivity contribution in [2.24, 2.45) is 0 Å². The lowest BCUT2D eigenvalue weighted by Crippen LogP contribution is -2.23. The van der Waals surface area contributed by atoms with E-state index < -0.39 is 5.60 Å². The summed E-state index contributed by atoms with van der Waals surface area (Å²) in [6.07, 6.45) is 0.332. The molecule has 0 spiro atoms. The van der Waals surface area contributed by atoms with Gasteiger partial charge >= 0.3 is 5.97 Å². The minimum atomic E-state index is -1.06. The molecule has 2 rings (SSSR count). The third-order valence-electron chi connectivity index (χ3n) is 3.65. The number of rotatable bonds is 5. The fourth-order valence-electron chi connectivity index (χ4n) is 2.24. The molecule has 0 bridgehead atoms. The maximum atomic E-state index is 10.8. The van der Waals surface area contributed by atoms with Crippen LogP contribution in [0.25, 0.3) is 11.1 Å². The van der Waals surface area contributed by atoms with Gasteiger partial charge in [-0.05, 0) is 35.7 Å². The normalized spacial score (nSPS) is 13.4. The maximum Gasteiger partial charge on any atom is 0.302 e. The Labute approximate surface area is 145 Å². The molecule has 2 aromatic carbocycles. The van der Waals surface area contributed by atoms with Crippen LogP contribution in [0.3, 0.4) is 0 Å². The molecule has 0 aliphatic rings. The number of aliphatic hydroxyl groups is 1. The standard InChI is InChI=1S/C18H18Cl2O3/c1-12(21)23-10-9-18(2,22)15-6-3-13(4-7-15)14-5-8-16(19)17(20)11-14/h3-8,11,22H,9-10H2,1-2H3. The second kappa shape index (κ2) is 7.35. The molecule has 0 aromatic heterocycles. The molecular weight excluding hydrogens is 335 g/mol. The largest absolute Gasteiger partial charge is 0.466 e. The molecule has 0 amide bonds. The van der Waals surface area contributed by atoms with E-state index in [1.807, 2.05) is 30.3 Å². The van der Waals surface area contributed by atoms with E-state index in [2.05, 4.69) is 0 Å². The average molecular weight is 353 g/mol. The van der Waals surface area contributed by atoms with Crippen molar-refractivity contribution in [3.05, 3.63) is 58.1 Å². The molecule has 23 heavy (non-hydrogen) atoms. The topological polar surface area (TPSA) is 46.5 Å². The van der Waals surface area contributed by atoms with E-state index in [0.717, 1.165) is 16.7 Å². The van der Waals surface area contributed by atoms with Crippen LogP contribution >= 0.6 is 23.2 Å². The molecule has 1 N–H and O–H groups in total. The number of halogens is 2. The lowest BCUT2D eigenvalue weighted by Gasteiger charge is -2.23. The van der Waals surface area contributed by atoms with Crippen molar-refractivity contribution in [2.45, 2.75) is 25.9 Å². The molecule has 0 saturated carbocycles. The SMILES string of the molecule is CC(=O)OCCC(C)(O)c1ccc(-c2ccc(Cl)c(Cl)c2)cc1. The summed E-state index contributed by atoms with van der Waals surface area (Å²) in [5.41, 5.74) is 1.62. The molecule has 1 atom stereocenters. The summed E-state index contributed by atoms with van der Waals surface area (Å²) < 4.78 is 4.89. The summed E-state index contributed by atoms with van der Waals surface area (Å²) in [6, 6.07) is 13.0. The fraction of sp³-hybridized carbons (Fsp3) is 0.278. The lowest BCUT2D eigenvalue weighted by molar-refractivity contribution is -0.142. The van der Waals surface area contributed by atoms with Crippen LogP contribution in [0.5, 0.6) is 0 Å². The molecule has 0 saturated heterocycles. The summed E-state index contributed by atoms with van der Waals surface area (Å²) >= 11 is 12.0. The molecule has 0 aliphatic carbocycles. The van der Waals surface area contributed by atoms with E-state index in [-0.39, 0.29) is 12.6 Å². The number of esters is 1. The fourth-order valence-corrected chi connectivity index (χ4v) is 2.53. The van der Waals surface area contributed by atoms with Crippen molar-refractivity contribution >= 4 is 29.2 Å². The number of carbonyl (C=O) groups is 1. The first-order valence-corrected chi connectivity index (χ1v) is 7.97. The minimum Gasteiger partial charge on any atom is -0.466 e. The third-order valence-corrected chi connectivity index (χ3v) is 4.39. The van der Waals surface area contributed by atoms with E-state index in [4.69, 9.17) is 27.9 Å². The first kappa shape index (κ1) is 17.8. The van der Waals surface area contributed by atoms with Gasteiger partial charge in [-0.2, -0.15) is 0 Å². The van der Waals surface area contributed by atoms with Gasteiger partial charge in [-0.25, -0.2) is 0 Å². The monoisotopic (exact) mass is 352 g/mol. The summed E-state index contributed by atoms with van der Waals surface area (Å²) in [5.74, 6) is -0.351. The second-order valence-corrected chi connectivity index (χ2v) is 6.38. The van der Waals surface area contributed by atoms with E-state index in [1.54, 1.807) is 19.1 Å². The van der Waals surface area contributed by atoms with Crippen LogP contribution in [-0.4, -0.2) is 17.7 Å². The van der Waals surface area contributed by atoms with Crippen LogP contribution in [0.1, 0.15) is 25.8 Å². The number of carbonyl (C=O) groups excluding carboxylic acids is 1. The van der Waals surface area contributed by atoms with Crippen molar-refractivity contribution in [3.8, 4) is 11.1 Å². The number of hydrogen-bond donors (Lipinski definition) is 1. The van der Waals surface area contributed by atoms with Gasteiger partial charge in [0.25, 0.3) is 0 Å². The van der Waals surface area contributed by atoms with E-state index >= 15 is 0 Å². The van der Waals surface area contributed by atoms with Crippen molar-refractivity contribution in [2.75, 3.05) is 6.61 Å². The van der Waals surface area contributed by atoms with Crippen LogP contribution in [0.4, 0.5) is 0 Å². The zero-order valence-corrected chi connectivity index (χ0v) is 14.5. The average Bonchev–Trinajstić information content (AvgIpc) is 2.49. The number of ether oxygens (including phenoxy) is 1. The molecule has 2 aromatic rings. The van der Waals surface area contributed by atoms with E-state index in [1.165, 1.54) is 6.92 Å². The highest BCUT2D eigenvalue weighted by atomic mass is 35.5. The lowest BCUT2D eigenvalue weighted by atomic mass is 9.91. The molecule has 0 radical (unpaired) electrons. The zero-order valence-electron chi connectivity index (χ0n) is 13.0. The van der Waals surface area contributed by atoms with Gasteiger partial charge in [0.1, 0.15) is 0 Å². The van der Waals surface area contributed by atoms with E-state index in [0.29, 0.717) is 16.5 Å². The van der Waals surface area contributed by atoms with Crippen LogP contribution in [0.2, 0.25) is 10.0 Å². The highest BCUT2D eigenvalue weighted by Crippen LogP contribution is 2.31. The Kier molecular flexibility index (Phi) is 5.69. The minimum absolute atomic E-state index is 0.177. The Morgan fingerprint density at radius 3 is 2.26 bits per heavy atom. The van der Waals surface area contributed by atoms with Crippen LogP contribution < -0.4 is 0 Å². The van der Waals surface area contributed by atoms with Gasteiger partial charge in [0, 0.05) is 13.3 Å². The molecule has 122 valence electrons. The zero-order chi connectivity index (χ0) is 17.0. The highest BCUT2D eigenvalue weighted by molar-refractivity contribution is 6.42. The van der Waals surface area contributed by atoms with Crippen molar-refractivity contribution in [1.82, 2.24) is 0 Å². The van der Waals surface area contributed by atoms with Gasteiger partial charge in [-0.15, -0.1) is 0 Å². The van der Waals surface area contributed by atoms with Crippen LogP contribution in [0, 0.1) is 0 Å². The predicted molar refractivity (Wildman–Crippen MR) is 92.7 cm³/mol. The third kappa shape index (κ3) is 4.71. The van der Waals surface area contributed by atoms with Gasteiger partial charge in [-0.3, -0.25) is 4.79 Å². The smallest absolute Gasteiger partial charge is 0.302 e. The Hall–Kier alpha value is -1.55. The molecule has 0 fully saturated rings. The molecule has 0 heterocycles. The Bertz CT molecular complexity index is 694. The Morgan fingerprint density at radius 2 is 1.70 bits per heavy atom. The van der Waals surface area contributed by atoms with Crippen molar-refractivity contribution in [1.29, 1.82) is 0 Å². The molecule has 5 heteroatoms. The quantitative estimate of drug-likeness (QED) is 0.784. The Morgan fingerprint density at radius 1 is 1.09 bits per heavy atom. The summed E-state index contributed by atoms with van der Waals surface area (Å²) in [5, 5.41) is 11.5. The van der Waals surface area contributed by atoms with Crippen molar-refractivity contribution in [3.63, 3.8) is 0 Å². The Balaban J connectivity index is 2.14. The molecular formula is C18H18Cl2O3. The van der Waals surface area contributed by atoms with Gasteiger partial charge in [0.15, 0.2) is 0 Å². The van der Waals surface area contributed by atoms with Gasteiger partial charge in [0.05, 0.1) is 22.3 Å². The number of benzene rings is 2. The first-order chi connectivity index (χ1) is 10.8. The van der Waals surface area contributed by atoms with Crippen molar-refractivity contribution < 1.29 is 14.6 Å². The summed E-state index contributed by atoms with van der Waals surface area (Å²) in [6.45, 7) is 3.22. The van der Waals surface area contributed by atoms with Crippen LogP contribution in [0.15, 0.2) is 42.5 Å². The van der Waals surface area contributed by atoms with Gasteiger partial charge in [0.2, 0.25) is 0 Å². The van der Waals surface area contributed by atoms with E-state index in [9.17, 15) is 9.90 Å². The summed E-state index contributed by atoms with van der Waals surface area (Å²) in [4.78, 5) is 10.8.